The van der Waals surface area contributed by atoms with E-state index in [9.17, 15) is 4.79 Å². The molecule has 2 heterocycles. The lowest BCUT2D eigenvalue weighted by atomic mass is 9.90. The Balaban J connectivity index is 1.85. The second-order valence-electron chi connectivity index (χ2n) is 6.11. The zero-order valence-electron chi connectivity index (χ0n) is 12.7. The summed E-state index contributed by atoms with van der Waals surface area (Å²) in [5.41, 5.74) is 0. The monoisotopic (exact) mass is 267 g/mol. The Hall–Kier alpha value is -0.610. The predicted molar refractivity (Wildman–Crippen MR) is 78.1 cm³/mol. The zero-order valence-corrected chi connectivity index (χ0v) is 12.7. The molecule has 2 rings (SSSR count). The van der Waals surface area contributed by atoms with Gasteiger partial charge in [0.1, 0.15) is 0 Å². The first-order valence-corrected chi connectivity index (χ1v) is 7.89. The molecule has 1 N–H and O–H groups in total. The van der Waals surface area contributed by atoms with Crippen LogP contribution in [0.2, 0.25) is 0 Å². The van der Waals surface area contributed by atoms with E-state index in [2.05, 4.69) is 35.9 Å². The van der Waals surface area contributed by atoms with E-state index < -0.39 is 0 Å². The number of hydrogen-bond donors (Lipinski definition) is 1. The van der Waals surface area contributed by atoms with Crippen molar-refractivity contribution in [3.63, 3.8) is 0 Å². The lowest BCUT2D eigenvalue weighted by Gasteiger charge is -2.40. The Labute approximate surface area is 117 Å². The van der Waals surface area contributed by atoms with Gasteiger partial charge >= 0.3 is 0 Å². The highest BCUT2D eigenvalue weighted by Crippen LogP contribution is 2.20. The fourth-order valence-electron chi connectivity index (χ4n) is 3.26. The number of piperazine rings is 1. The molecule has 2 saturated heterocycles. The van der Waals surface area contributed by atoms with Gasteiger partial charge < -0.3 is 10.2 Å². The normalized spacial score (nSPS) is 31.2. The highest BCUT2D eigenvalue weighted by atomic mass is 16.2. The van der Waals surface area contributed by atoms with Crippen LogP contribution in [0.1, 0.15) is 40.0 Å². The van der Waals surface area contributed by atoms with Crippen molar-refractivity contribution in [2.45, 2.75) is 52.1 Å². The third kappa shape index (κ3) is 3.48. The van der Waals surface area contributed by atoms with Crippen LogP contribution in [-0.2, 0) is 4.79 Å². The van der Waals surface area contributed by atoms with E-state index in [4.69, 9.17) is 0 Å². The van der Waals surface area contributed by atoms with Crippen molar-refractivity contribution in [2.75, 3.05) is 32.7 Å². The van der Waals surface area contributed by atoms with Gasteiger partial charge in [-0.3, -0.25) is 9.69 Å². The quantitative estimate of drug-likeness (QED) is 0.837. The van der Waals surface area contributed by atoms with Gasteiger partial charge in [-0.15, -0.1) is 0 Å². The van der Waals surface area contributed by atoms with E-state index >= 15 is 0 Å². The molecule has 4 heteroatoms. The largest absolute Gasteiger partial charge is 0.340 e. The third-order valence-corrected chi connectivity index (χ3v) is 4.92. The second kappa shape index (κ2) is 6.71. The summed E-state index contributed by atoms with van der Waals surface area (Å²) in [7, 11) is 0. The first kappa shape index (κ1) is 14.8. The van der Waals surface area contributed by atoms with Crippen LogP contribution in [0, 0.1) is 5.92 Å². The molecule has 3 atom stereocenters. The van der Waals surface area contributed by atoms with Gasteiger partial charge in [0.25, 0.3) is 0 Å². The summed E-state index contributed by atoms with van der Waals surface area (Å²) in [6.45, 7) is 11.6. The number of amides is 1. The van der Waals surface area contributed by atoms with Crippen molar-refractivity contribution in [1.82, 2.24) is 15.1 Å². The van der Waals surface area contributed by atoms with E-state index in [1.807, 2.05) is 0 Å². The van der Waals surface area contributed by atoms with Gasteiger partial charge in [0.15, 0.2) is 0 Å². The SMILES string of the molecule is CCC(C)N1CCN(C(=O)C2CCCNC2C)CC1. The number of rotatable bonds is 3. The van der Waals surface area contributed by atoms with Crippen LogP contribution in [0.15, 0.2) is 0 Å². The van der Waals surface area contributed by atoms with Gasteiger partial charge in [0, 0.05) is 38.3 Å². The number of carbonyl (C=O) groups excluding carboxylic acids is 1. The molecule has 0 aromatic rings. The molecular weight excluding hydrogens is 238 g/mol. The Bertz CT molecular complexity index is 300. The Morgan fingerprint density at radius 3 is 2.58 bits per heavy atom. The lowest BCUT2D eigenvalue weighted by molar-refractivity contribution is -0.139. The van der Waals surface area contributed by atoms with Crippen LogP contribution in [0.4, 0.5) is 0 Å². The highest BCUT2D eigenvalue weighted by molar-refractivity contribution is 5.79. The van der Waals surface area contributed by atoms with Crippen molar-refractivity contribution in [2.24, 2.45) is 5.92 Å². The summed E-state index contributed by atoms with van der Waals surface area (Å²) in [6, 6.07) is 0.987. The van der Waals surface area contributed by atoms with E-state index in [1.54, 1.807) is 0 Å². The minimum absolute atomic E-state index is 0.198. The number of carbonyl (C=O) groups is 1. The van der Waals surface area contributed by atoms with Gasteiger partial charge in [-0.05, 0) is 39.7 Å². The van der Waals surface area contributed by atoms with Crippen molar-refractivity contribution in [3.05, 3.63) is 0 Å². The predicted octanol–water partition coefficient (Wildman–Crippen LogP) is 1.32. The maximum absolute atomic E-state index is 12.6. The average Bonchev–Trinajstić information content (AvgIpc) is 2.46. The van der Waals surface area contributed by atoms with Crippen molar-refractivity contribution in [3.8, 4) is 0 Å². The summed E-state index contributed by atoms with van der Waals surface area (Å²) in [5.74, 6) is 0.576. The van der Waals surface area contributed by atoms with Gasteiger partial charge in [-0.25, -0.2) is 0 Å². The van der Waals surface area contributed by atoms with Gasteiger partial charge in [0.2, 0.25) is 5.91 Å². The van der Waals surface area contributed by atoms with Crippen molar-refractivity contribution < 1.29 is 4.79 Å². The van der Waals surface area contributed by atoms with Crippen LogP contribution >= 0.6 is 0 Å². The number of nitrogens with one attached hydrogen (secondary N) is 1. The molecule has 0 aromatic heterocycles. The molecular formula is C15H29N3O. The summed E-state index contributed by atoms with van der Waals surface area (Å²) >= 11 is 0. The van der Waals surface area contributed by atoms with Crippen molar-refractivity contribution in [1.29, 1.82) is 0 Å². The van der Waals surface area contributed by atoms with Crippen LogP contribution < -0.4 is 5.32 Å². The molecule has 3 unspecified atom stereocenters. The number of nitrogens with zero attached hydrogens (tertiary/aromatic N) is 2. The maximum Gasteiger partial charge on any atom is 0.227 e. The van der Waals surface area contributed by atoms with E-state index in [0.29, 0.717) is 18.0 Å². The number of hydrogen-bond acceptors (Lipinski definition) is 3. The molecule has 0 bridgehead atoms. The highest BCUT2D eigenvalue weighted by Gasteiger charge is 2.32. The summed E-state index contributed by atoms with van der Waals surface area (Å²) in [5, 5.41) is 3.43. The molecule has 0 aliphatic carbocycles. The van der Waals surface area contributed by atoms with E-state index in [0.717, 1.165) is 45.6 Å². The summed E-state index contributed by atoms with van der Waals surface area (Å²) in [4.78, 5) is 17.2. The smallest absolute Gasteiger partial charge is 0.227 e. The fraction of sp³-hybridized carbons (Fsp3) is 0.933. The summed E-state index contributed by atoms with van der Waals surface area (Å²) < 4.78 is 0. The molecule has 0 radical (unpaired) electrons. The average molecular weight is 267 g/mol. The van der Waals surface area contributed by atoms with E-state index in [1.165, 1.54) is 6.42 Å². The standard InChI is InChI=1S/C15H29N3O/c1-4-12(2)17-8-10-18(11-9-17)15(19)14-6-5-7-16-13(14)3/h12-14,16H,4-11H2,1-3H3. The molecule has 2 aliphatic rings. The number of piperidine rings is 1. The van der Waals surface area contributed by atoms with Crippen LogP contribution in [0.5, 0.6) is 0 Å². The van der Waals surface area contributed by atoms with Gasteiger partial charge in [0.05, 0.1) is 5.92 Å². The molecule has 19 heavy (non-hydrogen) atoms. The van der Waals surface area contributed by atoms with Crippen molar-refractivity contribution >= 4 is 5.91 Å². The fourth-order valence-corrected chi connectivity index (χ4v) is 3.26. The Kier molecular flexibility index (Phi) is 5.22. The Morgan fingerprint density at radius 2 is 2.00 bits per heavy atom. The van der Waals surface area contributed by atoms with E-state index in [-0.39, 0.29) is 5.92 Å². The zero-order chi connectivity index (χ0) is 13.8. The maximum atomic E-state index is 12.6. The molecule has 1 amide bonds. The van der Waals surface area contributed by atoms with Crippen LogP contribution in [0.25, 0.3) is 0 Å². The minimum atomic E-state index is 0.198. The third-order valence-electron chi connectivity index (χ3n) is 4.92. The molecule has 0 saturated carbocycles. The second-order valence-corrected chi connectivity index (χ2v) is 6.11. The Morgan fingerprint density at radius 1 is 1.32 bits per heavy atom. The van der Waals surface area contributed by atoms with Crippen LogP contribution in [0.3, 0.4) is 0 Å². The molecule has 110 valence electrons. The first-order chi connectivity index (χ1) is 9.13. The topological polar surface area (TPSA) is 35.6 Å². The first-order valence-electron chi connectivity index (χ1n) is 7.89. The lowest BCUT2D eigenvalue weighted by Crippen LogP contribution is -2.55. The molecule has 0 aromatic carbocycles. The summed E-state index contributed by atoms with van der Waals surface area (Å²) in [6.07, 6.45) is 3.38. The molecule has 4 nitrogen and oxygen atoms in total. The van der Waals surface area contributed by atoms with Crippen LogP contribution in [-0.4, -0.2) is 60.5 Å². The van der Waals surface area contributed by atoms with Gasteiger partial charge in [-0.1, -0.05) is 6.92 Å². The molecule has 2 aliphatic heterocycles. The minimum Gasteiger partial charge on any atom is -0.340 e. The molecule has 2 fully saturated rings. The molecule has 0 spiro atoms. The van der Waals surface area contributed by atoms with Gasteiger partial charge in [-0.2, -0.15) is 0 Å².